The molecule has 1 aliphatic rings. The second-order valence-corrected chi connectivity index (χ2v) is 10.8. The van der Waals surface area contributed by atoms with E-state index in [4.69, 9.17) is 18.9 Å². The lowest BCUT2D eigenvalue weighted by atomic mass is 9.95. The van der Waals surface area contributed by atoms with E-state index in [0.717, 1.165) is 22.1 Å². The van der Waals surface area contributed by atoms with Gasteiger partial charge in [-0.05, 0) is 68.5 Å². The van der Waals surface area contributed by atoms with Gasteiger partial charge in [-0.25, -0.2) is 9.79 Å². The van der Waals surface area contributed by atoms with Gasteiger partial charge in [0.1, 0.15) is 5.75 Å². The van der Waals surface area contributed by atoms with E-state index in [-0.39, 0.29) is 18.3 Å². The smallest absolute Gasteiger partial charge is 0.338 e. The van der Waals surface area contributed by atoms with Crippen LogP contribution in [0.5, 0.6) is 17.2 Å². The third kappa shape index (κ3) is 5.25. The Morgan fingerprint density at radius 1 is 1.02 bits per heavy atom. The molecule has 3 aromatic carbocycles. The molecule has 4 aromatic rings. The monoisotopic (exact) mass is 572 g/mol. The first kappa shape index (κ1) is 28.2. The van der Waals surface area contributed by atoms with Crippen LogP contribution < -0.4 is 29.1 Å². The van der Waals surface area contributed by atoms with Crippen molar-refractivity contribution in [3.63, 3.8) is 0 Å². The summed E-state index contributed by atoms with van der Waals surface area (Å²) in [6.07, 6.45) is 1.81. The van der Waals surface area contributed by atoms with Gasteiger partial charge in [-0.15, -0.1) is 0 Å². The van der Waals surface area contributed by atoms with E-state index >= 15 is 0 Å². The predicted molar refractivity (Wildman–Crippen MR) is 160 cm³/mol. The lowest BCUT2D eigenvalue weighted by molar-refractivity contribution is -0.139. The number of carbonyl (C=O) groups excluding carboxylic acids is 1. The quantitative estimate of drug-likeness (QED) is 0.283. The minimum atomic E-state index is -0.762. The average molecular weight is 573 g/mol. The summed E-state index contributed by atoms with van der Waals surface area (Å²) in [6.45, 7) is 7.57. The highest BCUT2D eigenvalue weighted by Crippen LogP contribution is 2.36. The summed E-state index contributed by atoms with van der Waals surface area (Å²) in [5.74, 6) is 1.31. The molecule has 0 N–H and O–H groups in total. The first-order valence-corrected chi connectivity index (χ1v) is 14.2. The van der Waals surface area contributed by atoms with Crippen LogP contribution in [0.2, 0.25) is 0 Å². The molecule has 0 fully saturated rings. The van der Waals surface area contributed by atoms with Gasteiger partial charge in [-0.3, -0.25) is 9.36 Å². The number of esters is 1. The molecule has 0 amide bonds. The molecular formula is C32H32N2O6S. The van der Waals surface area contributed by atoms with E-state index in [1.165, 1.54) is 11.3 Å². The van der Waals surface area contributed by atoms with Gasteiger partial charge in [0.2, 0.25) is 0 Å². The van der Waals surface area contributed by atoms with Crippen LogP contribution in [0.4, 0.5) is 0 Å². The van der Waals surface area contributed by atoms with Crippen molar-refractivity contribution in [2.24, 2.45) is 4.99 Å². The molecule has 9 heteroatoms. The maximum atomic E-state index is 14.1. The minimum Gasteiger partial charge on any atom is -0.496 e. The summed E-state index contributed by atoms with van der Waals surface area (Å²) in [5.41, 5.74) is 2.10. The maximum absolute atomic E-state index is 14.1. The number of aromatic nitrogens is 1. The van der Waals surface area contributed by atoms with Crippen LogP contribution in [0.3, 0.4) is 0 Å². The van der Waals surface area contributed by atoms with Crippen LogP contribution >= 0.6 is 11.3 Å². The van der Waals surface area contributed by atoms with Gasteiger partial charge in [-0.2, -0.15) is 0 Å². The Labute approximate surface area is 241 Å². The maximum Gasteiger partial charge on any atom is 0.338 e. The highest BCUT2D eigenvalue weighted by Gasteiger charge is 2.34. The molecule has 212 valence electrons. The highest BCUT2D eigenvalue weighted by molar-refractivity contribution is 7.07. The van der Waals surface area contributed by atoms with Crippen LogP contribution in [0.25, 0.3) is 16.8 Å². The van der Waals surface area contributed by atoms with Crippen molar-refractivity contribution in [2.45, 2.75) is 39.8 Å². The Kier molecular flexibility index (Phi) is 7.99. The first-order chi connectivity index (χ1) is 19.8. The second kappa shape index (κ2) is 11.6. The number of fused-ring (bicyclic) bond motifs is 2. The number of rotatable bonds is 8. The van der Waals surface area contributed by atoms with Crippen molar-refractivity contribution in [3.8, 4) is 17.2 Å². The molecular weight excluding hydrogens is 540 g/mol. The summed E-state index contributed by atoms with van der Waals surface area (Å²) >= 11 is 1.28. The van der Waals surface area contributed by atoms with E-state index in [1.807, 2.05) is 62.4 Å². The molecule has 5 rings (SSSR count). The van der Waals surface area contributed by atoms with Gasteiger partial charge in [0.25, 0.3) is 5.56 Å². The van der Waals surface area contributed by atoms with Gasteiger partial charge >= 0.3 is 5.97 Å². The number of methoxy groups -OCH3 is 2. The van der Waals surface area contributed by atoms with Crippen molar-refractivity contribution in [1.82, 2.24) is 4.57 Å². The number of benzene rings is 3. The molecule has 0 unspecified atom stereocenters. The Hall–Kier alpha value is -4.37. The minimum absolute atomic E-state index is 0.0568. The summed E-state index contributed by atoms with van der Waals surface area (Å²) in [4.78, 5) is 32.5. The molecule has 0 saturated carbocycles. The largest absolute Gasteiger partial charge is 0.496 e. The summed E-state index contributed by atoms with van der Waals surface area (Å²) in [7, 11) is 3.20. The zero-order valence-electron chi connectivity index (χ0n) is 23.9. The topological polar surface area (TPSA) is 88.4 Å². The van der Waals surface area contributed by atoms with Crippen LogP contribution in [-0.4, -0.2) is 37.5 Å². The standard InChI is InChI=1S/C32H32N2O6S/c1-7-39-31(36)28-19(4)33-32-34(29(28)21-13-15-25(40-18(2)3)26(16-21)38-6)30(35)27(41-32)17-20-12-14-24(37-5)23-11-9-8-10-22(20)23/h8-18,29H,7H2,1-6H3/b27-17-/t29-/m0/s1. The SMILES string of the molecule is CCOC(=O)C1=C(C)N=c2s/c(=C\c3ccc(OC)c4ccccc34)c(=O)n2[C@H]1c1ccc(OC(C)C)c(OC)c1. The molecule has 0 aliphatic carbocycles. The van der Waals surface area contributed by atoms with E-state index < -0.39 is 12.0 Å². The van der Waals surface area contributed by atoms with Crippen molar-refractivity contribution in [1.29, 1.82) is 0 Å². The fraction of sp³-hybridized carbons (Fsp3) is 0.281. The molecule has 1 aliphatic heterocycles. The van der Waals surface area contributed by atoms with Crippen molar-refractivity contribution >= 4 is 34.2 Å². The number of hydrogen-bond acceptors (Lipinski definition) is 8. The van der Waals surface area contributed by atoms with E-state index in [9.17, 15) is 9.59 Å². The zero-order chi connectivity index (χ0) is 29.3. The summed E-state index contributed by atoms with van der Waals surface area (Å²) in [6, 6.07) is 16.4. The summed E-state index contributed by atoms with van der Waals surface area (Å²) < 4.78 is 24.6. The lowest BCUT2D eigenvalue weighted by Gasteiger charge is -2.25. The van der Waals surface area contributed by atoms with Crippen LogP contribution in [0, 0.1) is 0 Å². The van der Waals surface area contributed by atoms with Crippen molar-refractivity contribution < 1.29 is 23.7 Å². The molecule has 0 bridgehead atoms. The first-order valence-electron chi connectivity index (χ1n) is 13.4. The third-order valence-electron chi connectivity index (χ3n) is 6.81. The average Bonchev–Trinajstić information content (AvgIpc) is 3.26. The number of hydrogen-bond donors (Lipinski definition) is 0. The van der Waals surface area contributed by atoms with Gasteiger partial charge in [0.05, 0.1) is 48.8 Å². The fourth-order valence-corrected chi connectivity index (χ4v) is 6.09. The molecule has 0 saturated heterocycles. The molecule has 1 atom stereocenters. The van der Waals surface area contributed by atoms with Gasteiger partial charge in [0, 0.05) is 5.39 Å². The van der Waals surface area contributed by atoms with E-state index in [0.29, 0.717) is 37.7 Å². The van der Waals surface area contributed by atoms with Crippen LogP contribution in [-0.2, 0) is 9.53 Å². The predicted octanol–water partition coefficient (Wildman–Crippen LogP) is 4.76. The van der Waals surface area contributed by atoms with E-state index in [2.05, 4.69) is 4.99 Å². The van der Waals surface area contributed by atoms with Crippen LogP contribution in [0.1, 0.15) is 44.9 Å². The fourth-order valence-electron chi connectivity index (χ4n) is 5.05. The van der Waals surface area contributed by atoms with Crippen molar-refractivity contribution in [2.75, 3.05) is 20.8 Å². The Morgan fingerprint density at radius 3 is 2.41 bits per heavy atom. The van der Waals surface area contributed by atoms with Crippen molar-refractivity contribution in [3.05, 3.63) is 96.7 Å². The highest BCUT2D eigenvalue weighted by atomic mass is 32.1. The summed E-state index contributed by atoms with van der Waals surface area (Å²) in [5, 5.41) is 1.91. The Bertz CT molecular complexity index is 1850. The van der Waals surface area contributed by atoms with Crippen LogP contribution in [0.15, 0.2) is 75.7 Å². The van der Waals surface area contributed by atoms with Gasteiger partial charge in [0.15, 0.2) is 16.3 Å². The second-order valence-electron chi connectivity index (χ2n) is 9.78. The Balaban J connectivity index is 1.73. The molecule has 8 nitrogen and oxygen atoms in total. The number of carbonyl (C=O) groups is 1. The Morgan fingerprint density at radius 2 is 1.73 bits per heavy atom. The molecule has 1 aromatic heterocycles. The molecule has 0 spiro atoms. The number of allylic oxidation sites excluding steroid dienone is 1. The molecule has 0 radical (unpaired) electrons. The molecule has 41 heavy (non-hydrogen) atoms. The normalized spacial score (nSPS) is 15.1. The number of thiazole rings is 1. The number of nitrogens with zero attached hydrogens (tertiary/aromatic N) is 2. The third-order valence-corrected chi connectivity index (χ3v) is 7.79. The van der Waals surface area contributed by atoms with Gasteiger partial charge < -0.3 is 18.9 Å². The van der Waals surface area contributed by atoms with E-state index in [1.54, 1.807) is 44.8 Å². The molecule has 2 heterocycles. The number of ether oxygens (including phenoxy) is 4. The zero-order valence-corrected chi connectivity index (χ0v) is 24.7. The lowest BCUT2D eigenvalue weighted by Crippen LogP contribution is -2.40. The van der Waals surface area contributed by atoms with Gasteiger partial charge in [-0.1, -0.05) is 47.7 Å².